The van der Waals surface area contributed by atoms with E-state index < -0.39 is 7.91 Å². The Labute approximate surface area is 27.7 Å². The lowest BCUT2D eigenvalue weighted by Gasteiger charge is -1.97. The van der Waals surface area contributed by atoms with Gasteiger partial charge in [0.25, 0.3) is 0 Å². The molecule has 0 spiro atoms. The van der Waals surface area contributed by atoms with Crippen LogP contribution in [0.25, 0.3) is 0 Å². The van der Waals surface area contributed by atoms with Gasteiger partial charge in [0, 0.05) is 0 Å². The highest BCUT2D eigenvalue weighted by Crippen LogP contribution is 2.28. The van der Waals surface area contributed by atoms with Gasteiger partial charge in [-0.25, -0.2) is 0 Å². The van der Waals surface area contributed by atoms with Crippen LogP contribution >= 0.6 is 7.91 Å². The molecule has 5 heavy (non-hydrogen) atoms. The molecule has 1 unspecified atom stereocenters. The van der Waals surface area contributed by atoms with Gasteiger partial charge in [-0.15, -0.1) is 0 Å². The first-order valence-corrected chi connectivity index (χ1v) is 2.20. The minimum atomic E-state index is -5.39. The minimum Gasteiger partial charge on any atom is -0.753 e. The van der Waals surface area contributed by atoms with Gasteiger partial charge in [0.05, 0.1) is 0 Å². The van der Waals surface area contributed by atoms with Crippen LogP contribution in [0.4, 0.5) is 4.20 Å². The van der Waals surface area contributed by atoms with Gasteiger partial charge < -0.3 is 9.79 Å². The van der Waals surface area contributed by atoms with Crippen LogP contribution in [-0.4, -0.2) is 4.89 Å². The first-order chi connectivity index (χ1) is 2.00. The third-order valence-corrected chi connectivity index (χ3v) is 0. The molecule has 0 rings (SSSR count). The summed E-state index contributed by atoms with van der Waals surface area (Å²) in [5, 5.41) is 0. The highest BCUT2D eigenvalue weighted by Gasteiger charge is 1.87. The van der Waals surface area contributed by atoms with Crippen LogP contribution < -0.4 is 4.89 Å². The normalized spacial score (nSPS) is 21.4. The molecule has 0 fully saturated rings. The SMILES string of the molecule is O=P([O-])(O)F. The lowest BCUT2D eigenvalue weighted by molar-refractivity contribution is -0.206. The molecule has 0 bridgehead atoms. The van der Waals surface area contributed by atoms with E-state index in [4.69, 9.17) is 14.4 Å². The maximum Gasteiger partial charge on any atom is 0.305 e. The van der Waals surface area contributed by atoms with Crippen LogP contribution in [0.3, 0.4) is 0 Å². The largest absolute Gasteiger partial charge is 0.753 e. The maximum atomic E-state index is 10.2. The van der Waals surface area contributed by atoms with E-state index >= 15 is 0 Å². The van der Waals surface area contributed by atoms with Crippen molar-refractivity contribution in [1.29, 1.82) is 0 Å². The first kappa shape index (κ1) is 5.08. The fraction of sp³-hybridized carbons (Fsp3) is 0. The molecule has 5 heteroatoms. The second-order valence-corrected chi connectivity index (χ2v) is 1.35. The molecule has 0 aliphatic rings. The summed E-state index contributed by atoms with van der Waals surface area (Å²) in [4.78, 5) is 15.4. The fourth-order valence-electron chi connectivity index (χ4n) is 0. The Kier molecular flexibility index (Phi) is 1.06. The van der Waals surface area contributed by atoms with Gasteiger partial charge in [0.2, 0.25) is 0 Å². The van der Waals surface area contributed by atoms with E-state index in [-0.39, 0.29) is 0 Å². The summed E-state index contributed by atoms with van der Waals surface area (Å²) < 4.78 is 18.8. The van der Waals surface area contributed by atoms with Crippen molar-refractivity contribution in [2.75, 3.05) is 0 Å². The summed E-state index contributed by atoms with van der Waals surface area (Å²) >= 11 is 0. The van der Waals surface area contributed by atoms with E-state index in [0.29, 0.717) is 0 Å². The molecule has 0 aromatic heterocycles. The highest BCUT2D eigenvalue weighted by atomic mass is 31.2. The molecule has 1 N–H and O–H groups in total. The number of rotatable bonds is 0. The molecule has 1 atom stereocenters. The second kappa shape index (κ2) is 1.05. The third kappa shape index (κ3) is 2760. The van der Waals surface area contributed by atoms with E-state index in [9.17, 15) is 4.20 Å². The molecule has 0 aliphatic heterocycles. The Morgan fingerprint density at radius 2 is 2.00 bits per heavy atom. The minimum absolute atomic E-state index is 5.39. The molecule has 3 nitrogen and oxygen atoms in total. The third-order valence-electron chi connectivity index (χ3n) is 0. The highest BCUT2D eigenvalue weighted by molar-refractivity contribution is 7.44. The number of halogens is 1. The maximum absolute atomic E-state index is 10.2. The standard InChI is InChI=1S/FH2O3P/c1-5(2,3)4/h(H2,2,3,4)/p-1. The topological polar surface area (TPSA) is 60.4 Å². The van der Waals surface area contributed by atoms with Gasteiger partial charge in [0.1, 0.15) is 0 Å². The van der Waals surface area contributed by atoms with Crippen molar-refractivity contribution in [3.63, 3.8) is 0 Å². The van der Waals surface area contributed by atoms with E-state index in [1.807, 2.05) is 0 Å². The van der Waals surface area contributed by atoms with Crippen LogP contribution in [-0.2, 0) is 4.57 Å². The molecular weight excluding hydrogens is 98.0 g/mol. The average Bonchev–Trinajstić information content (AvgIpc) is 0.722. The van der Waals surface area contributed by atoms with Crippen molar-refractivity contribution in [3.8, 4) is 0 Å². The Hall–Kier alpha value is 0.0800. The van der Waals surface area contributed by atoms with Crippen LogP contribution in [0.5, 0.6) is 0 Å². The lowest BCUT2D eigenvalue weighted by atomic mass is 15.8. The Balaban J connectivity index is 3.47. The zero-order valence-electron chi connectivity index (χ0n) is 2.09. The summed E-state index contributed by atoms with van der Waals surface area (Å²) in [5.74, 6) is 0. The van der Waals surface area contributed by atoms with Crippen LogP contribution in [0.1, 0.15) is 0 Å². The van der Waals surface area contributed by atoms with Crippen molar-refractivity contribution in [1.82, 2.24) is 0 Å². The van der Waals surface area contributed by atoms with E-state index in [2.05, 4.69) is 0 Å². The predicted molar refractivity (Wildman–Crippen MR) is 10.9 cm³/mol. The summed E-state index contributed by atoms with van der Waals surface area (Å²) in [6.45, 7) is 0. The lowest BCUT2D eigenvalue weighted by Crippen LogP contribution is -1.89. The smallest absolute Gasteiger partial charge is 0.305 e. The van der Waals surface area contributed by atoms with Crippen molar-refractivity contribution < 1.29 is 18.5 Å². The van der Waals surface area contributed by atoms with Gasteiger partial charge in [-0.3, -0.25) is 4.57 Å². The first-order valence-electron chi connectivity index (χ1n) is 0.734. The number of hydrogen-bond donors (Lipinski definition) is 1. The molecule has 0 saturated heterocycles. The van der Waals surface area contributed by atoms with Gasteiger partial charge in [-0.2, -0.15) is 4.20 Å². The van der Waals surface area contributed by atoms with Gasteiger partial charge in [-0.1, -0.05) is 0 Å². The van der Waals surface area contributed by atoms with Crippen molar-refractivity contribution in [3.05, 3.63) is 0 Å². The molecule has 0 radical (unpaired) electrons. The molecule has 0 aromatic carbocycles. The average molecular weight is 99.0 g/mol. The molecule has 0 amide bonds. The quantitative estimate of drug-likeness (QED) is 0.413. The Morgan fingerprint density at radius 3 is 2.00 bits per heavy atom. The summed E-state index contributed by atoms with van der Waals surface area (Å²) in [6.07, 6.45) is 0. The van der Waals surface area contributed by atoms with Crippen LogP contribution in [0.2, 0.25) is 0 Å². The molecule has 0 aromatic rings. The van der Waals surface area contributed by atoms with E-state index in [0.717, 1.165) is 0 Å². The summed E-state index contributed by atoms with van der Waals surface area (Å²) in [6, 6.07) is 0. The Morgan fingerprint density at radius 1 is 2.00 bits per heavy atom. The zero-order valence-corrected chi connectivity index (χ0v) is 2.98. The Bertz CT molecular complexity index is 53.0. The summed E-state index contributed by atoms with van der Waals surface area (Å²) in [5.41, 5.74) is 0. The van der Waals surface area contributed by atoms with Crippen molar-refractivity contribution in [2.24, 2.45) is 0 Å². The summed E-state index contributed by atoms with van der Waals surface area (Å²) in [7, 11) is -5.39. The van der Waals surface area contributed by atoms with Gasteiger partial charge in [-0.05, 0) is 0 Å². The molecular formula is HFO3P-. The van der Waals surface area contributed by atoms with Crippen molar-refractivity contribution >= 4 is 7.91 Å². The van der Waals surface area contributed by atoms with Crippen LogP contribution in [0, 0.1) is 0 Å². The van der Waals surface area contributed by atoms with Gasteiger partial charge >= 0.3 is 7.91 Å². The molecule has 0 aliphatic carbocycles. The number of hydrogen-bond acceptors (Lipinski definition) is 2. The monoisotopic (exact) mass is 99.0 g/mol. The van der Waals surface area contributed by atoms with E-state index in [1.165, 1.54) is 0 Å². The fourth-order valence-corrected chi connectivity index (χ4v) is 0. The predicted octanol–water partition coefficient (Wildman–Crippen LogP) is -0.583. The molecule has 32 valence electrons. The zero-order chi connectivity index (χ0) is 4.50. The second-order valence-electron chi connectivity index (χ2n) is 0.451. The van der Waals surface area contributed by atoms with Crippen LogP contribution in [0.15, 0.2) is 0 Å². The van der Waals surface area contributed by atoms with Crippen molar-refractivity contribution in [2.45, 2.75) is 0 Å². The molecule has 0 heterocycles. The molecule has 0 saturated carbocycles. The van der Waals surface area contributed by atoms with Gasteiger partial charge in [0.15, 0.2) is 0 Å². The van der Waals surface area contributed by atoms with E-state index in [1.54, 1.807) is 0 Å².